The first-order chi connectivity index (χ1) is 10.1. The van der Waals surface area contributed by atoms with Gasteiger partial charge in [-0.25, -0.2) is 0 Å². The van der Waals surface area contributed by atoms with Crippen molar-refractivity contribution >= 4 is 10.8 Å². The number of rotatable bonds is 7. The first-order valence-electron chi connectivity index (χ1n) is 7.88. The molecule has 0 amide bonds. The van der Waals surface area contributed by atoms with Crippen LogP contribution in [0.15, 0.2) is 23.1 Å². The van der Waals surface area contributed by atoms with Crippen molar-refractivity contribution in [2.24, 2.45) is 5.92 Å². The van der Waals surface area contributed by atoms with Crippen LogP contribution in [0.1, 0.15) is 30.9 Å². The standard InChI is InChI=1S/C17H27NO2S/c1-4-8-18-16(15-7-9-20-11-15)12-21(19)17-10-13(2)5-6-14(17)3/h5-6,10,15-16,18H,4,7-9,11-12H2,1-3H3. The molecule has 1 saturated heterocycles. The quantitative estimate of drug-likeness (QED) is 0.842. The van der Waals surface area contributed by atoms with Crippen LogP contribution in [-0.4, -0.2) is 35.8 Å². The monoisotopic (exact) mass is 309 g/mol. The number of hydrogen-bond acceptors (Lipinski definition) is 3. The first kappa shape index (κ1) is 16.7. The van der Waals surface area contributed by atoms with Gasteiger partial charge in [-0.3, -0.25) is 4.21 Å². The normalized spacial score (nSPS) is 21.4. The molecule has 0 spiro atoms. The van der Waals surface area contributed by atoms with Crippen LogP contribution in [0.5, 0.6) is 0 Å². The fourth-order valence-electron chi connectivity index (χ4n) is 2.77. The zero-order chi connectivity index (χ0) is 15.2. The van der Waals surface area contributed by atoms with Crippen molar-refractivity contribution in [3.8, 4) is 0 Å². The molecule has 0 saturated carbocycles. The number of hydrogen-bond donors (Lipinski definition) is 1. The minimum atomic E-state index is -0.953. The Morgan fingerprint density at radius 2 is 2.24 bits per heavy atom. The van der Waals surface area contributed by atoms with Gasteiger partial charge in [0.25, 0.3) is 0 Å². The van der Waals surface area contributed by atoms with Crippen LogP contribution in [0.2, 0.25) is 0 Å². The van der Waals surface area contributed by atoms with Crippen LogP contribution < -0.4 is 5.32 Å². The van der Waals surface area contributed by atoms with E-state index in [0.29, 0.717) is 11.7 Å². The molecule has 21 heavy (non-hydrogen) atoms. The van der Waals surface area contributed by atoms with E-state index in [-0.39, 0.29) is 6.04 Å². The molecular weight excluding hydrogens is 282 g/mol. The summed E-state index contributed by atoms with van der Waals surface area (Å²) in [5.41, 5.74) is 2.29. The molecule has 2 rings (SSSR count). The number of nitrogens with one attached hydrogen (secondary N) is 1. The molecule has 3 atom stereocenters. The molecule has 3 nitrogen and oxygen atoms in total. The Kier molecular flexibility index (Phi) is 6.40. The molecule has 0 bridgehead atoms. The van der Waals surface area contributed by atoms with Crippen molar-refractivity contribution in [1.29, 1.82) is 0 Å². The molecule has 1 fully saturated rings. The predicted molar refractivity (Wildman–Crippen MR) is 88.2 cm³/mol. The molecule has 1 aliphatic heterocycles. The molecule has 0 aliphatic carbocycles. The minimum absolute atomic E-state index is 0.285. The van der Waals surface area contributed by atoms with E-state index in [0.717, 1.165) is 43.1 Å². The SMILES string of the molecule is CCCNC(CS(=O)c1cc(C)ccc1C)C1CCOC1. The van der Waals surface area contributed by atoms with Crippen LogP contribution >= 0.6 is 0 Å². The molecule has 1 heterocycles. The van der Waals surface area contributed by atoms with E-state index in [1.54, 1.807) is 0 Å². The lowest BCUT2D eigenvalue weighted by atomic mass is 10.0. The van der Waals surface area contributed by atoms with Crippen LogP contribution in [0.4, 0.5) is 0 Å². The summed E-state index contributed by atoms with van der Waals surface area (Å²) in [6.45, 7) is 8.87. The van der Waals surface area contributed by atoms with Gasteiger partial charge in [-0.15, -0.1) is 0 Å². The van der Waals surface area contributed by atoms with Gasteiger partial charge in [0.2, 0.25) is 0 Å². The Hall–Kier alpha value is -0.710. The van der Waals surface area contributed by atoms with Gasteiger partial charge in [0.05, 0.1) is 17.4 Å². The summed E-state index contributed by atoms with van der Waals surface area (Å²) in [5.74, 6) is 1.17. The van der Waals surface area contributed by atoms with E-state index in [2.05, 4.69) is 37.4 Å². The van der Waals surface area contributed by atoms with Crippen molar-refractivity contribution in [2.75, 3.05) is 25.5 Å². The van der Waals surface area contributed by atoms with Crippen molar-refractivity contribution in [3.05, 3.63) is 29.3 Å². The van der Waals surface area contributed by atoms with Gasteiger partial charge in [0.15, 0.2) is 0 Å². The Labute approximate surface area is 130 Å². The zero-order valence-corrected chi connectivity index (χ0v) is 14.2. The van der Waals surface area contributed by atoms with Gasteiger partial charge in [-0.1, -0.05) is 19.1 Å². The smallest absolute Gasteiger partial charge is 0.0548 e. The van der Waals surface area contributed by atoms with E-state index in [1.165, 1.54) is 5.56 Å². The van der Waals surface area contributed by atoms with Crippen LogP contribution in [0.25, 0.3) is 0 Å². The van der Waals surface area contributed by atoms with Crippen molar-refractivity contribution in [3.63, 3.8) is 0 Å². The second-order valence-electron chi connectivity index (χ2n) is 5.97. The third-order valence-electron chi connectivity index (χ3n) is 4.11. The summed E-state index contributed by atoms with van der Waals surface area (Å²) >= 11 is 0. The maximum atomic E-state index is 12.8. The minimum Gasteiger partial charge on any atom is -0.381 e. The molecule has 1 N–H and O–H groups in total. The third kappa shape index (κ3) is 4.63. The van der Waals surface area contributed by atoms with E-state index in [1.807, 2.05) is 6.92 Å². The Balaban J connectivity index is 2.07. The van der Waals surface area contributed by atoms with Crippen molar-refractivity contribution < 1.29 is 8.95 Å². The third-order valence-corrected chi connectivity index (χ3v) is 5.70. The number of aryl methyl sites for hydroxylation is 2. The van der Waals surface area contributed by atoms with E-state index < -0.39 is 10.8 Å². The lowest BCUT2D eigenvalue weighted by Gasteiger charge is -2.23. The maximum absolute atomic E-state index is 12.8. The fourth-order valence-corrected chi connectivity index (χ4v) is 4.41. The van der Waals surface area contributed by atoms with Crippen molar-refractivity contribution in [2.45, 2.75) is 44.6 Å². The molecule has 1 aromatic rings. The number of benzene rings is 1. The molecule has 0 radical (unpaired) electrons. The van der Waals surface area contributed by atoms with Gasteiger partial charge in [0.1, 0.15) is 0 Å². The largest absolute Gasteiger partial charge is 0.381 e. The molecule has 3 unspecified atom stereocenters. The lowest BCUT2D eigenvalue weighted by Crippen LogP contribution is -2.41. The topological polar surface area (TPSA) is 38.3 Å². The zero-order valence-electron chi connectivity index (χ0n) is 13.4. The predicted octanol–water partition coefficient (Wildman–Crippen LogP) is 2.82. The van der Waals surface area contributed by atoms with Crippen LogP contribution in [0.3, 0.4) is 0 Å². The first-order valence-corrected chi connectivity index (χ1v) is 9.20. The van der Waals surface area contributed by atoms with E-state index in [9.17, 15) is 4.21 Å². The summed E-state index contributed by atoms with van der Waals surface area (Å²) in [7, 11) is -0.953. The van der Waals surface area contributed by atoms with Crippen molar-refractivity contribution in [1.82, 2.24) is 5.32 Å². The van der Waals surface area contributed by atoms with E-state index >= 15 is 0 Å². The lowest BCUT2D eigenvalue weighted by molar-refractivity contribution is 0.179. The van der Waals surface area contributed by atoms with Crippen LogP contribution in [-0.2, 0) is 15.5 Å². The summed E-state index contributed by atoms with van der Waals surface area (Å²) in [6, 6.07) is 6.49. The average molecular weight is 309 g/mol. The second-order valence-corrected chi connectivity index (χ2v) is 7.43. The molecule has 1 aliphatic rings. The Morgan fingerprint density at radius 3 is 2.90 bits per heavy atom. The van der Waals surface area contributed by atoms with Gasteiger partial charge in [-0.05, 0) is 50.4 Å². The average Bonchev–Trinajstić information content (AvgIpc) is 3.00. The maximum Gasteiger partial charge on any atom is 0.0548 e. The van der Waals surface area contributed by atoms with Gasteiger partial charge >= 0.3 is 0 Å². The Morgan fingerprint density at radius 1 is 1.43 bits per heavy atom. The van der Waals surface area contributed by atoms with Crippen LogP contribution in [0, 0.1) is 19.8 Å². The molecule has 1 aromatic carbocycles. The molecule has 4 heteroatoms. The Bertz CT molecular complexity index is 484. The highest BCUT2D eigenvalue weighted by molar-refractivity contribution is 7.85. The fraction of sp³-hybridized carbons (Fsp3) is 0.647. The second kappa shape index (κ2) is 8.06. The number of ether oxygens (including phenoxy) is 1. The van der Waals surface area contributed by atoms with E-state index in [4.69, 9.17) is 4.74 Å². The summed E-state index contributed by atoms with van der Waals surface area (Å²) in [6.07, 6.45) is 2.17. The highest BCUT2D eigenvalue weighted by atomic mass is 32.2. The molecular formula is C17H27NO2S. The highest BCUT2D eigenvalue weighted by Crippen LogP contribution is 2.21. The molecule has 118 valence electrons. The van der Waals surface area contributed by atoms with Gasteiger partial charge in [0, 0.05) is 29.2 Å². The summed E-state index contributed by atoms with van der Waals surface area (Å²) in [4.78, 5) is 0.984. The highest BCUT2D eigenvalue weighted by Gasteiger charge is 2.27. The van der Waals surface area contributed by atoms with Gasteiger partial charge in [-0.2, -0.15) is 0 Å². The van der Waals surface area contributed by atoms with Gasteiger partial charge < -0.3 is 10.1 Å². The molecule has 0 aromatic heterocycles. The summed E-state index contributed by atoms with van der Waals surface area (Å²) < 4.78 is 18.3. The summed E-state index contributed by atoms with van der Waals surface area (Å²) in [5, 5.41) is 3.57.